The highest BCUT2D eigenvalue weighted by atomic mass is 16.4. The van der Waals surface area contributed by atoms with Crippen molar-refractivity contribution in [2.75, 3.05) is 0 Å². The largest absolute Gasteiger partial charge is 0.481 e. The van der Waals surface area contributed by atoms with E-state index >= 15 is 0 Å². The number of nitrogens with one attached hydrogen (secondary N) is 1. The SMILES string of the molecule is CC(C)CC(NC(=O)c1cc(CN2C=CC3C=CC=CC32)ccc1CCC(=O)O)c1ccccc1. The van der Waals surface area contributed by atoms with Crippen molar-refractivity contribution < 1.29 is 14.7 Å². The molecule has 35 heavy (non-hydrogen) atoms. The van der Waals surface area contributed by atoms with Gasteiger partial charge < -0.3 is 15.3 Å². The monoisotopic (exact) mass is 470 g/mol. The zero-order valence-corrected chi connectivity index (χ0v) is 20.4. The summed E-state index contributed by atoms with van der Waals surface area (Å²) in [5.41, 5.74) is 3.43. The lowest BCUT2D eigenvalue weighted by molar-refractivity contribution is -0.136. The van der Waals surface area contributed by atoms with Gasteiger partial charge in [0.15, 0.2) is 0 Å². The molecule has 182 valence electrons. The molecule has 0 fully saturated rings. The van der Waals surface area contributed by atoms with Crippen LogP contribution in [-0.2, 0) is 17.8 Å². The van der Waals surface area contributed by atoms with Gasteiger partial charge in [0.1, 0.15) is 0 Å². The summed E-state index contributed by atoms with van der Waals surface area (Å²) < 4.78 is 0. The van der Waals surface area contributed by atoms with E-state index in [9.17, 15) is 14.7 Å². The first kappa shape index (κ1) is 24.5. The van der Waals surface area contributed by atoms with E-state index in [1.807, 2.05) is 48.5 Å². The number of carboxylic acids is 1. The van der Waals surface area contributed by atoms with Crippen LogP contribution in [0.4, 0.5) is 0 Å². The second-order valence-corrected chi connectivity index (χ2v) is 9.80. The van der Waals surface area contributed by atoms with Gasteiger partial charge in [-0.25, -0.2) is 0 Å². The maximum Gasteiger partial charge on any atom is 0.303 e. The van der Waals surface area contributed by atoms with Gasteiger partial charge >= 0.3 is 5.97 Å². The van der Waals surface area contributed by atoms with Gasteiger partial charge in [0, 0.05) is 24.4 Å². The quantitative estimate of drug-likeness (QED) is 0.470. The van der Waals surface area contributed by atoms with Gasteiger partial charge in [-0.15, -0.1) is 0 Å². The highest BCUT2D eigenvalue weighted by molar-refractivity contribution is 5.96. The van der Waals surface area contributed by atoms with Crippen molar-refractivity contribution in [3.63, 3.8) is 0 Å². The lowest BCUT2D eigenvalue weighted by atomic mass is 9.94. The topological polar surface area (TPSA) is 69.6 Å². The third kappa shape index (κ3) is 6.30. The Labute approximate surface area is 207 Å². The van der Waals surface area contributed by atoms with Crippen molar-refractivity contribution in [3.05, 3.63) is 107 Å². The van der Waals surface area contributed by atoms with Gasteiger partial charge in [0.25, 0.3) is 5.91 Å². The first-order valence-corrected chi connectivity index (χ1v) is 12.4. The van der Waals surface area contributed by atoms with E-state index in [1.165, 1.54) is 0 Å². The number of carbonyl (C=O) groups excluding carboxylic acids is 1. The van der Waals surface area contributed by atoms with Crippen LogP contribution < -0.4 is 5.32 Å². The minimum Gasteiger partial charge on any atom is -0.481 e. The molecule has 0 spiro atoms. The molecule has 1 aliphatic heterocycles. The number of amides is 1. The van der Waals surface area contributed by atoms with Gasteiger partial charge in [-0.2, -0.15) is 0 Å². The van der Waals surface area contributed by atoms with E-state index in [0.29, 0.717) is 30.4 Å². The van der Waals surface area contributed by atoms with Crippen molar-refractivity contribution in [2.45, 2.75) is 51.7 Å². The van der Waals surface area contributed by atoms with Crippen LogP contribution in [0.25, 0.3) is 0 Å². The molecule has 1 heterocycles. The van der Waals surface area contributed by atoms with Gasteiger partial charge in [0.05, 0.1) is 12.1 Å². The van der Waals surface area contributed by atoms with Crippen LogP contribution in [0.5, 0.6) is 0 Å². The van der Waals surface area contributed by atoms with E-state index < -0.39 is 5.97 Å². The summed E-state index contributed by atoms with van der Waals surface area (Å²) in [4.78, 5) is 27.1. The van der Waals surface area contributed by atoms with Crippen LogP contribution in [0.15, 0.2) is 85.1 Å². The number of hydrogen-bond acceptors (Lipinski definition) is 3. The molecular formula is C30H34N2O3. The summed E-state index contributed by atoms with van der Waals surface area (Å²) in [6.45, 7) is 4.98. The molecule has 5 heteroatoms. The Bertz CT molecular complexity index is 1130. The maximum absolute atomic E-state index is 13.6. The second kappa shape index (κ2) is 11.2. The number of nitrogens with zero attached hydrogens (tertiary/aromatic N) is 1. The van der Waals surface area contributed by atoms with Crippen LogP contribution in [0.1, 0.15) is 59.8 Å². The number of fused-ring (bicyclic) bond motifs is 1. The molecule has 2 N–H and O–H groups in total. The van der Waals surface area contributed by atoms with Gasteiger partial charge in [-0.05, 0) is 47.7 Å². The predicted molar refractivity (Wildman–Crippen MR) is 139 cm³/mol. The Morgan fingerprint density at radius 2 is 1.80 bits per heavy atom. The molecule has 1 aliphatic carbocycles. The molecule has 2 aliphatic rings. The van der Waals surface area contributed by atoms with Crippen molar-refractivity contribution in [1.29, 1.82) is 0 Å². The van der Waals surface area contributed by atoms with Gasteiger partial charge in [-0.3, -0.25) is 9.59 Å². The fraction of sp³-hybridized carbons (Fsp3) is 0.333. The van der Waals surface area contributed by atoms with Crippen molar-refractivity contribution in [2.24, 2.45) is 11.8 Å². The summed E-state index contributed by atoms with van der Waals surface area (Å²) >= 11 is 0. The van der Waals surface area contributed by atoms with Crippen LogP contribution in [-0.4, -0.2) is 27.9 Å². The fourth-order valence-electron chi connectivity index (χ4n) is 4.86. The lowest BCUT2D eigenvalue weighted by Gasteiger charge is -2.28. The lowest BCUT2D eigenvalue weighted by Crippen LogP contribution is -2.31. The molecule has 0 saturated carbocycles. The average Bonchev–Trinajstić information content (AvgIpc) is 3.25. The molecule has 5 nitrogen and oxygen atoms in total. The normalized spacial score (nSPS) is 19.1. The highest BCUT2D eigenvalue weighted by Gasteiger charge is 2.27. The van der Waals surface area contributed by atoms with Crippen LogP contribution >= 0.6 is 0 Å². The molecule has 2 aromatic rings. The Balaban J connectivity index is 1.58. The molecular weight excluding hydrogens is 436 g/mol. The first-order valence-electron chi connectivity index (χ1n) is 12.4. The number of allylic oxidation sites excluding steroid dienone is 2. The molecule has 0 aromatic heterocycles. The van der Waals surface area contributed by atoms with Gasteiger partial charge in [0.2, 0.25) is 0 Å². The summed E-state index contributed by atoms with van der Waals surface area (Å²) in [6, 6.07) is 16.1. The van der Waals surface area contributed by atoms with Crippen molar-refractivity contribution in [1.82, 2.24) is 10.2 Å². The average molecular weight is 471 g/mol. The fourth-order valence-corrected chi connectivity index (χ4v) is 4.86. The zero-order valence-electron chi connectivity index (χ0n) is 20.4. The van der Waals surface area contributed by atoms with Crippen LogP contribution in [0, 0.1) is 11.8 Å². The van der Waals surface area contributed by atoms with E-state index in [4.69, 9.17) is 0 Å². The number of aryl methyl sites for hydroxylation is 1. The number of carboxylic acid groups (broad SMARTS) is 1. The molecule has 0 radical (unpaired) electrons. The number of carbonyl (C=O) groups is 2. The summed E-state index contributed by atoms with van der Waals surface area (Å²) in [6.07, 6.45) is 14.0. The summed E-state index contributed by atoms with van der Waals surface area (Å²) in [5, 5.41) is 12.5. The standard InChI is InChI=1S/C30H34N2O3/c1-21(2)18-27(24-8-4-3-5-9-24)31-30(35)26-19-22(12-13-23(26)14-15-29(33)34)20-32-17-16-25-10-6-7-11-28(25)32/h3-13,16-17,19,21,25,27-28H,14-15,18,20H2,1-2H3,(H,31,35)(H,33,34). The highest BCUT2D eigenvalue weighted by Crippen LogP contribution is 2.29. The predicted octanol–water partition coefficient (Wildman–Crippen LogP) is 5.66. The van der Waals surface area contributed by atoms with Crippen LogP contribution in [0.2, 0.25) is 0 Å². The summed E-state index contributed by atoms with van der Waals surface area (Å²) in [5.74, 6) is -0.240. The van der Waals surface area contributed by atoms with Crippen LogP contribution in [0.3, 0.4) is 0 Å². The minimum absolute atomic E-state index is 0.0104. The van der Waals surface area contributed by atoms with E-state index in [-0.39, 0.29) is 24.4 Å². The molecule has 0 bridgehead atoms. The van der Waals surface area contributed by atoms with Crippen molar-refractivity contribution >= 4 is 11.9 Å². The number of rotatable bonds is 10. The Morgan fingerprint density at radius 3 is 2.54 bits per heavy atom. The third-order valence-electron chi connectivity index (χ3n) is 6.64. The first-order chi connectivity index (χ1) is 16.9. The maximum atomic E-state index is 13.6. The number of hydrogen-bond donors (Lipinski definition) is 2. The molecule has 3 atom stereocenters. The molecule has 1 amide bonds. The number of aliphatic carboxylic acids is 1. The minimum atomic E-state index is -0.868. The Morgan fingerprint density at radius 1 is 1.03 bits per heavy atom. The number of benzene rings is 2. The molecule has 0 saturated heterocycles. The smallest absolute Gasteiger partial charge is 0.303 e. The molecule has 3 unspecified atom stereocenters. The van der Waals surface area contributed by atoms with Crippen molar-refractivity contribution in [3.8, 4) is 0 Å². The van der Waals surface area contributed by atoms with Gasteiger partial charge in [-0.1, -0.05) is 86.7 Å². The van der Waals surface area contributed by atoms with E-state index in [2.05, 4.69) is 60.6 Å². The Kier molecular flexibility index (Phi) is 7.86. The molecule has 2 aromatic carbocycles. The second-order valence-electron chi connectivity index (χ2n) is 9.80. The Hall–Kier alpha value is -3.60. The zero-order chi connectivity index (χ0) is 24.8. The van der Waals surface area contributed by atoms with E-state index in [0.717, 1.165) is 23.1 Å². The van der Waals surface area contributed by atoms with E-state index in [1.54, 1.807) is 0 Å². The molecule has 4 rings (SSSR count). The third-order valence-corrected chi connectivity index (χ3v) is 6.64. The summed E-state index contributed by atoms with van der Waals surface area (Å²) in [7, 11) is 0.